The van der Waals surface area contributed by atoms with Crippen molar-refractivity contribution in [3.63, 3.8) is 0 Å². The zero-order valence-corrected chi connectivity index (χ0v) is 7.73. The molecule has 78 valence electrons. The van der Waals surface area contributed by atoms with Crippen LogP contribution in [0.25, 0.3) is 0 Å². The fourth-order valence-corrected chi connectivity index (χ4v) is 1.14. The van der Waals surface area contributed by atoms with E-state index in [0.29, 0.717) is 18.9 Å². The van der Waals surface area contributed by atoms with E-state index in [0.717, 1.165) is 6.20 Å². The third kappa shape index (κ3) is 2.93. The molecular formula is C9H13FN2O2. The Morgan fingerprint density at radius 1 is 1.21 bits per heavy atom. The average Bonchev–Trinajstić information content (AvgIpc) is 2.19. The molecule has 0 saturated carbocycles. The number of halogens is 1. The van der Waals surface area contributed by atoms with E-state index < -0.39 is 5.82 Å². The lowest BCUT2D eigenvalue weighted by molar-refractivity contribution is 0.280. The molecule has 14 heavy (non-hydrogen) atoms. The van der Waals surface area contributed by atoms with Crippen molar-refractivity contribution in [1.82, 2.24) is 4.98 Å². The molecule has 0 bridgehead atoms. The number of anilines is 1. The molecule has 0 aliphatic rings. The Morgan fingerprint density at radius 2 is 1.86 bits per heavy atom. The molecule has 1 heterocycles. The Hall–Kier alpha value is -1.20. The Kier molecular flexibility index (Phi) is 4.28. The molecule has 0 saturated heterocycles. The van der Waals surface area contributed by atoms with Gasteiger partial charge in [-0.05, 0) is 12.1 Å². The number of aromatic nitrogens is 1. The summed E-state index contributed by atoms with van der Waals surface area (Å²) in [5.74, 6) is 0.149. The van der Waals surface area contributed by atoms with Crippen molar-refractivity contribution in [1.29, 1.82) is 0 Å². The monoisotopic (exact) mass is 200 g/mol. The first kappa shape index (κ1) is 10.9. The van der Waals surface area contributed by atoms with E-state index in [-0.39, 0.29) is 13.2 Å². The Labute approximate surface area is 81.6 Å². The van der Waals surface area contributed by atoms with Crippen molar-refractivity contribution < 1.29 is 14.6 Å². The first-order valence-corrected chi connectivity index (χ1v) is 4.36. The van der Waals surface area contributed by atoms with Crippen LogP contribution >= 0.6 is 0 Å². The van der Waals surface area contributed by atoms with E-state index in [1.807, 2.05) is 0 Å². The van der Waals surface area contributed by atoms with Crippen molar-refractivity contribution in [2.75, 3.05) is 31.2 Å². The van der Waals surface area contributed by atoms with E-state index in [4.69, 9.17) is 10.2 Å². The minimum Gasteiger partial charge on any atom is -0.395 e. The fourth-order valence-electron chi connectivity index (χ4n) is 1.14. The summed E-state index contributed by atoms with van der Waals surface area (Å²) >= 11 is 0. The molecule has 0 fully saturated rings. The molecule has 0 radical (unpaired) electrons. The van der Waals surface area contributed by atoms with E-state index in [1.165, 1.54) is 12.1 Å². The van der Waals surface area contributed by atoms with Crippen molar-refractivity contribution in [2.24, 2.45) is 0 Å². The second-order valence-corrected chi connectivity index (χ2v) is 2.77. The predicted molar refractivity (Wildman–Crippen MR) is 50.6 cm³/mol. The molecule has 0 unspecified atom stereocenters. The highest BCUT2D eigenvalue weighted by Gasteiger charge is 2.05. The van der Waals surface area contributed by atoms with Gasteiger partial charge in [-0.25, -0.2) is 9.37 Å². The van der Waals surface area contributed by atoms with E-state index >= 15 is 0 Å². The fraction of sp³-hybridized carbons (Fsp3) is 0.444. The molecule has 0 aliphatic heterocycles. The topological polar surface area (TPSA) is 56.6 Å². The normalized spacial score (nSPS) is 10.2. The lowest BCUT2D eigenvalue weighted by atomic mass is 10.4. The summed E-state index contributed by atoms with van der Waals surface area (Å²) in [6.45, 7) is 0.691. The lowest BCUT2D eigenvalue weighted by Gasteiger charge is -2.21. The van der Waals surface area contributed by atoms with Gasteiger partial charge in [0, 0.05) is 13.1 Å². The summed E-state index contributed by atoms with van der Waals surface area (Å²) in [4.78, 5) is 5.52. The summed E-state index contributed by atoms with van der Waals surface area (Å²) in [5, 5.41) is 17.5. The molecular weight excluding hydrogens is 187 g/mol. The van der Waals surface area contributed by atoms with Crippen LogP contribution < -0.4 is 4.90 Å². The molecule has 0 amide bonds. The molecule has 0 atom stereocenters. The standard InChI is InChI=1S/C9H13FN2O2/c10-8-1-2-9(11-7-8)12(3-5-13)4-6-14/h1-2,7,13-14H,3-6H2. The van der Waals surface area contributed by atoms with Crippen LogP contribution in [-0.2, 0) is 0 Å². The van der Waals surface area contributed by atoms with Crippen molar-refractivity contribution >= 4 is 5.82 Å². The second kappa shape index (κ2) is 5.51. The van der Waals surface area contributed by atoms with Gasteiger partial charge in [-0.15, -0.1) is 0 Å². The minimum atomic E-state index is -0.401. The highest BCUT2D eigenvalue weighted by atomic mass is 19.1. The van der Waals surface area contributed by atoms with Crippen LogP contribution in [0.1, 0.15) is 0 Å². The van der Waals surface area contributed by atoms with Crippen LogP contribution in [-0.4, -0.2) is 41.5 Å². The number of rotatable bonds is 5. The molecule has 0 aromatic carbocycles. The Balaban J connectivity index is 2.71. The van der Waals surface area contributed by atoms with Crippen molar-refractivity contribution in [3.8, 4) is 0 Å². The van der Waals surface area contributed by atoms with Gasteiger partial charge >= 0.3 is 0 Å². The summed E-state index contributed by atoms with van der Waals surface area (Å²) < 4.78 is 12.5. The van der Waals surface area contributed by atoms with Crippen LogP contribution in [0.3, 0.4) is 0 Å². The van der Waals surface area contributed by atoms with Crippen LogP contribution in [0.4, 0.5) is 10.2 Å². The van der Waals surface area contributed by atoms with Crippen molar-refractivity contribution in [3.05, 3.63) is 24.1 Å². The van der Waals surface area contributed by atoms with Gasteiger partial charge in [-0.1, -0.05) is 0 Å². The van der Waals surface area contributed by atoms with Gasteiger partial charge in [0.05, 0.1) is 19.4 Å². The van der Waals surface area contributed by atoms with Gasteiger partial charge in [0.15, 0.2) is 0 Å². The maximum Gasteiger partial charge on any atom is 0.141 e. The van der Waals surface area contributed by atoms with Crippen molar-refractivity contribution in [2.45, 2.75) is 0 Å². The molecule has 1 aromatic rings. The van der Waals surface area contributed by atoms with Crippen LogP contribution in [0.5, 0.6) is 0 Å². The zero-order chi connectivity index (χ0) is 10.4. The zero-order valence-electron chi connectivity index (χ0n) is 7.73. The van der Waals surface area contributed by atoms with E-state index in [2.05, 4.69) is 4.98 Å². The van der Waals surface area contributed by atoms with Crippen LogP contribution in [0, 0.1) is 5.82 Å². The van der Waals surface area contributed by atoms with E-state index in [1.54, 1.807) is 4.90 Å². The summed E-state index contributed by atoms with van der Waals surface area (Å²) in [6, 6.07) is 2.81. The number of nitrogens with zero attached hydrogens (tertiary/aromatic N) is 2. The second-order valence-electron chi connectivity index (χ2n) is 2.77. The summed E-state index contributed by atoms with van der Waals surface area (Å²) in [5.41, 5.74) is 0. The van der Waals surface area contributed by atoms with Gasteiger partial charge in [-0.2, -0.15) is 0 Å². The first-order valence-electron chi connectivity index (χ1n) is 4.36. The van der Waals surface area contributed by atoms with Gasteiger partial charge in [0.1, 0.15) is 11.6 Å². The summed E-state index contributed by atoms with van der Waals surface area (Å²) in [7, 11) is 0. The molecule has 2 N–H and O–H groups in total. The minimum absolute atomic E-state index is 0.0287. The number of aliphatic hydroxyl groups excluding tert-OH is 2. The summed E-state index contributed by atoms with van der Waals surface area (Å²) in [6.07, 6.45) is 1.11. The first-order chi connectivity index (χ1) is 6.77. The SMILES string of the molecule is OCCN(CCO)c1ccc(F)cn1. The van der Waals surface area contributed by atoms with E-state index in [9.17, 15) is 4.39 Å². The molecule has 0 spiro atoms. The molecule has 5 heteroatoms. The smallest absolute Gasteiger partial charge is 0.141 e. The van der Waals surface area contributed by atoms with Crippen LogP contribution in [0.2, 0.25) is 0 Å². The largest absolute Gasteiger partial charge is 0.395 e. The molecule has 0 aliphatic carbocycles. The third-order valence-corrected chi connectivity index (χ3v) is 1.78. The Morgan fingerprint density at radius 3 is 2.29 bits per heavy atom. The van der Waals surface area contributed by atoms with Gasteiger partial charge in [-0.3, -0.25) is 0 Å². The van der Waals surface area contributed by atoms with Gasteiger partial charge < -0.3 is 15.1 Å². The predicted octanol–water partition coefficient (Wildman–Crippen LogP) is 0.0117. The number of hydrogen-bond donors (Lipinski definition) is 2. The maximum atomic E-state index is 12.5. The average molecular weight is 200 g/mol. The van der Waals surface area contributed by atoms with Gasteiger partial charge in [0.2, 0.25) is 0 Å². The highest BCUT2D eigenvalue weighted by Crippen LogP contribution is 2.09. The molecule has 1 rings (SSSR count). The highest BCUT2D eigenvalue weighted by molar-refractivity contribution is 5.37. The van der Waals surface area contributed by atoms with Crippen LogP contribution in [0.15, 0.2) is 18.3 Å². The maximum absolute atomic E-state index is 12.5. The quantitative estimate of drug-likeness (QED) is 0.703. The molecule has 1 aromatic heterocycles. The number of hydrogen-bond acceptors (Lipinski definition) is 4. The lowest BCUT2D eigenvalue weighted by Crippen LogP contribution is -2.30. The Bertz CT molecular complexity index is 260. The molecule has 4 nitrogen and oxygen atoms in total. The third-order valence-electron chi connectivity index (χ3n) is 1.78. The number of aliphatic hydroxyl groups is 2. The number of pyridine rings is 1. The van der Waals surface area contributed by atoms with Gasteiger partial charge in [0.25, 0.3) is 0 Å².